The molecular weight excluding hydrogens is 254 g/mol. The van der Waals surface area contributed by atoms with Crippen LogP contribution >= 0.6 is 0 Å². The Hall–Kier alpha value is -1.66. The van der Waals surface area contributed by atoms with E-state index in [-0.39, 0.29) is 11.5 Å². The first kappa shape index (κ1) is 12.8. The number of hydrogen-bond acceptors (Lipinski definition) is 5. The monoisotopic (exact) mass is 267 g/mol. The molecule has 96 valence electrons. The second-order valence-corrected chi connectivity index (χ2v) is 5.45. The maximum Gasteiger partial charge on any atom is 0.296 e. The van der Waals surface area contributed by atoms with Gasteiger partial charge in [-0.15, -0.1) is 0 Å². The molecular formula is C12H13NO4S. The van der Waals surface area contributed by atoms with Crippen LogP contribution in [0.4, 0.5) is 0 Å². The molecule has 6 heteroatoms. The average Bonchev–Trinajstić information content (AvgIpc) is 2.82. The quantitative estimate of drug-likeness (QED) is 0.774. The van der Waals surface area contributed by atoms with Crippen molar-refractivity contribution in [3.8, 4) is 0 Å². The first-order valence-electron chi connectivity index (χ1n) is 5.43. The van der Waals surface area contributed by atoms with E-state index in [4.69, 9.17) is 4.18 Å². The van der Waals surface area contributed by atoms with Crippen LogP contribution in [0.5, 0.6) is 0 Å². The van der Waals surface area contributed by atoms with Crippen molar-refractivity contribution in [2.75, 3.05) is 6.61 Å². The number of nitrogens with zero attached hydrogens (tertiary/aromatic N) is 1. The number of aromatic nitrogens is 1. The summed E-state index contributed by atoms with van der Waals surface area (Å²) in [6.07, 6.45) is 1.82. The lowest BCUT2D eigenvalue weighted by Gasteiger charge is -2.04. The van der Waals surface area contributed by atoms with Gasteiger partial charge in [0.25, 0.3) is 10.1 Å². The highest BCUT2D eigenvalue weighted by molar-refractivity contribution is 7.86. The van der Waals surface area contributed by atoms with E-state index >= 15 is 0 Å². The Balaban J connectivity index is 1.97. The molecule has 5 nitrogen and oxygen atoms in total. The molecule has 1 aromatic heterocycles. The summed E-state index contributed by atoms with van der Waals surface area (Å²) in [4.78, 5) is 0.160. The Kier molecular flexibility index (Phi) is 3.78. The van der Waals surface area contributed by atoms with Gasteiger partial charge in [0.1, 0.15) is 6.26 Å². The lowest BCUT2D eigenvalue weighted by atomic mass is 10.2. The Labute approximate surface area is 105 Å². The van der Waals surface area contributed by atoms with Crippen LogP contribution in [0.15, 0.2) is 46.0 Å². The third-order valence-corrected chi connectivity index (χ3v) is 3.72. The van der Waals surface area contributed by atoms with Crippen molar-refractivity contribution in [1.29, 1.82) is 0 Å². The van der Waals surface area contributed by atoms with E-state index in [1.165, 1.54) is 18.4 Å². The average molecular weight is 267 g/mol. The van der Waals surface area contributed by atoms with Crippen LogP contribution in [0.3, 0.4) is 0 Å². The molecule has 0 saturated carbocycles. The Bertz CT molecular complexity index is 588. The predicted molar refractivity (Wildman–Crippen MR) is 64.5 cm³/mol. The fourth-order valence-electron chi connectivity index (χ4n) is 1.40. The maximum absolute atomic E-state index is 11.8. The van der Waals surface area contributed by atoms with Crippen molar-refractivity contribution >= 4 is 10.1 Å². The summed E-state index contributed by atoms with van der Waals surface area (Å²) in [6.45, 7) is 1.94. The van der Waals surface area contributed by atoms with Gasteiger partial charge in [-0.05, 0) is 19.1 Å². The molecule has 1 aromatic carbocycles. The Morgan fingerprint density at radius 3 is 2.56 bits per heavy atom. The number of hydrogen-bond donors (Lipinski definition) is 0. The highest BCUT2D eigenvalue weighted by atomic mass is 32.2. The molecule has 0 aliphatic rings. The van der Waals surface area contributed by atoms with Crippen LogP contribution in [-0.4, -0.2) is 20.2 Å². The molecule has 0 radical (unpaired) electrons. The van der Waals surface area contributed by atoms with Crippen molar-refractivity contribution in [3.63, 3.8) is 0 Å². The maximum atomic E-state index is 11.8. The highest BCUT2D eigenvalue weighted by Crippen LogP contribution is 2.13. The van der Waals surface area contributed by atoms with E-state index in [1.807, 2.05) is 6.92 Å². The minimum Gasteiger partial charge on any atom is -0.365 e. The summed E-state index contributed by atoms with van der Waals surface area (Å²) in [5, 5.41) is 3.67. The van der Waals surface area contributed by atoms with Gasteiger partial charge in [-0.3, -0.25) is 4.18 Å². The second kappa shape index (κ2) is 5.32. The number of aryl methyl sites for hydroxylation is 1. The Morgan fingerprint density at radius 2 is 1.94 bits per heavy atom. The van der Waals surface area contributed by atoms with E-state index in [9.17, 15) is 8.42 Å². The largest absolute Gasteiger partial charge is 0.365 e. The minimum absolute atomic E-state index is 0.0444. The fourth-order valence-corrected chi connectivity index (χ4v) is 2.30. The Morgan fingerprint density at radius 1 is 1.22 bits per heavy atom. The minimum atomic E-state index is -3.69. The lowest BCUT2D eigenvalue weighted by molar-refractivity contribution is 0.316. The normalized spacial score (nSPS) is 11.6. The fraction of sp³-hybridized carbons (Fsp3) is 0.250. The first-order valence-corrected chi connectivity index (χ1v) is 6.84. The SMILES string of the molecule is Cc1ccc(S(=O)(=O)OCCc2ccon2)cc1. The number of rotatable bonds is 5. The van der Waals surface area contributed by atoms with Crippen molar-refractivity contribution in [3.05, 3.63) is 47.9 Å². The van der Waals surface area contributed by atoms with Crippen LogP contribution in [-0.2, 0) is 20.7 Å². The predicted octanol–water partition coefficient (Wildman–Crippen LogP) is 1.93. The summed E-state index contributed by atoms with van der Waals surface area (Å²) in [7, 11) is -3.69. The molecule has 0 aliphatic carbocycles. The molecule has 2 rings (SSSR count). The summed E-state index contributed by atoms with van der Waals surface area (Å²) in [5.41, 5.74) is 1.66. The topological polar surface area (TPSA) is 69.4 Å². The summed E-state index contributed by atoms with van der Waals surface area (Å²) in [6, 6.07) is 8.19. The van der Waals surface area contributed by atoms with Gasteiger partial charge in [0, 0.05) is 12.5 Å². The van der Waals surface area contributed by atoms with E-state index < -0.39 is 10.1 Å². The van der Waals surface area contributed by atoms with Crippen LogP contribution in [0.25, 0.3) is 0 Å². The highest BCUT2D eigenvalue weighted by Gasteiger charge is 2.14. The molecule has 0 fully saturated rings. The first-order chi connectivity index (χ1) is 8.58. The van der Waals surface area contributed by atoms with Crippen molar-refractivity contribution < 1.29 is 17.1 Å². The van der Waals surface area contributed by atoms with E-state index in [1.54, 1.807) is 18.2 Å². The van der Waals surface area contributed by atoms with E-state index in [0.29, 0.717) is 12.1 Å². The van der Waals surface area contributed by atoms with E-state index in [0.717, 1.165) is 5.56 Å². The molecule has 0 N–H and O–H groups in total. The van der Waals surface area contributed by atoms with Gasteiger partial charge in [-0.1, -0.05) is 22.9 Å². The van der Waals surface area contributed by atoms with Gasteiger partial charge in [-0.25, -0.2) is 0 Å². The standard InChI is InChI=1S/C12H13NO4S/c1-10-2-4-12(5-3-10)18(14,15)17-9-7-11-6-8-16-13-11/h2-6,8H,7,9H2,1H3. The van der Waals surface area contributed by atoms with Gasteiger partial charge >= 0.3 is 0 Å². The van der Waals surface area contributed by atoms with Gasteiger partial charge in [0.2, 0.25) is 0 Å². The zero-order chi connectivity index (χ0) is 13.0. The smallest absolute Gasteiger partial charge is 0.296 e. The lowest BCUT2D eigenvalue weighted by Crippen LogP contribution is -2.09. The van der Waals surface area contributed by atoms with E-state index in [2.05, 4.69) is 9.68 Å². The van der Waals surface area contributed by atoms with Gasteiger partial charge in [0.05, 0.1) is 17.2 Å². The molecule has 0 aliphatic heterocycles. The van der Waals surface area contributed by atoms with Crippen LogP contribution in [0.1, 0.15) is 11.3 Å². The molecule has 0 unspecified atom stereocenters. The van der Waals surface area contributed by atoms with Crippen LogP contribution in [0, 0.1) is 6.92 Å². The molecule has 1 heterocycles. The van der Waals surface area contributed by atoms with Crippen molar-refractivity contribution in [2.24, 2.45) is 0 Å². The van der Waals surface area contributed by atoms with Crippen LogP contribution < -0.4 is 0 Å². The molecule has 0 bridgehead atoms. The summed E-state index contributed by atoms with van der Waals surface area (Å²) in [5.74, 6) is 0. The van der Waals surface area contributed by atoms with Crippen LogP contribution in [0.2, 0.25) is 0 Å². The molecule has 2 aromatic rings. The summed E-state index contributed by atoms with van der Waals surface area (Å²) < 4.78 is 33.2. The number of benzene rings is 1. The molecule has 0 saturated heterocycles. The molecule has 18 heavy (non-hydrogen) atoms. The van der Waals surface area contributed by atoms with Crippen molar-refractivity contribution in [1.82, 2.24) is 5.16 Å². The third-order valence-electron chi connectivity index (χ3n) is 2.40. The molecule has 0 atom stereocenters. The van der Waals surface area contributed by atoms with Crippen molar-refractivity contribution in [2.45, 2.75) is 18.2 Å². The van der Waals surface area contributed by atoms with Gasteiger partial charge in [0.15, 0.2) is 0 Å². The zero-order valence-electron chi connectivity index (χ0n) is 9.87. The van der Waals surface area contributed by atoms with Gasteiger partial charge in [-0.2, -0.15) is 8.42 Å². The van der Waals surface area contributed by atoms with Gasteiger partial charge < -0.3 is 4.52 Å². The molecule has 0 amide bonds. The summed E-state index contributed by atoms with van der Waals surface area (Å²) >= 11 is 0. The second-order valence-electron chi connectivity index (χ2n) is 3.83. The molecule has 0 spiro atoms. The third kappa shape index (κ3) is 3.18. The zero-order valence-corrected chi connectivity index (χ0v) is 10.7.